The first-order valence-corrected chi connectivity index (χ1v) is 10.9. The number of amides is 3. The molecule has 3 amide bonds. The van der Waals surface area contributed by atoms with Crippen LogP contribution in [0.3, 0.4) is 0 Å². The molecule has 31 heavy (non-hydrogen) atoms. The van der Waals surface area contributed by atoms with Crippen molar-refractivity contribution in [2.75, 3.05) is 6.61 Å². The topological polar surface area (TPSA) is 123 Å². The van der Waals surface area contributed by atoms with Gasteiger partial charge in [-0.25, -0.2) is 9.59 Å². The van der Waals surface area contributed by atoms with Crippen molar-refractivity contribution in [3.05, 3.63) is 0 Å². The minimum atomic E-state index is -0.862. The van der Waals surface area contributed by atoms with Crippen molar-refractivity contribution in [2.24, 2.45) is 11.8 Å². The third-order valence-corrected chi connectivity index (χ3v) is 4.05. The Bertz CT molecular complexity index is 613. The van der Waals surface area contributed by atoms with Crippen molar-refractivity contribution in [1.29, 1.82) is 0 Å². The van der Waals surface area contributed by atoms with Crippen LogP contribution in [0.2, 0.25) is 0 Å². The van der Waals surface area contributed by atoms with Gasteiger partial charge in [-0.1, -0.05) is 27.7 Å². The van der Waals surface area contributed by atoms with E-state index in [2.05, 4.69) is 16.0 Å². The summed E-state index contributed by atoms with van der Waals surface area (Å²) in [6, 6.07) is -2.57. The summed E-state index contributed by atoms with van der Waals surface area (Å²) in [7, 11) is 0. The van der Waals surface area contributed by atoms with E-state index in [4.69, 9.17) is 9.47 Å². The molecular formula is C22H41N3O6. The number of hydrogen-bond acceptors (Lipinski definition) is 6. The van der Waals surface area contributed by atoms with Gasteiger partial charge in [0.15, 0.2) is 0 Å². The van der Waals surface area contributed by atoms with E-state index >= 15 is 0 Å². The second-order valence-electron chi connectivity index (χ2n) is 9.50. The Labute approximate surface area is 186 Å². The summed E-state index contributed by atoms with van der Waals surface area (Å²) < 4.78 is 10.2. The number of alkyl carbamates (subject to hydrolysis) is 1. The molecule has 0 aliphatic rings. The summed E-state index contributed by atoms with van der Waals surface area (Å²) in [6.07, 6.45) is 0.0444. The van der Waals surface area contributed by atoms with Gasteiger partial charge in [0.05, 0.1) is 6.61 Å². The van der Waals surface area contributed by atoms with Gasteiger partial charge in [-0.3, -0.25) is 9.59 Å². The summed E-state index contributed by atoms with van der Waals surface area (Å²) in [5.41, 5.74) is -0.702. The predicted octanol–water partition coefficient (Wildman–Crippen LogP) is 2.52. The van der Waals surface area contributed by atoms with Crippen molar-refractivity contribution >= 4 is 23.9 Å². The van der Waals surface area contributed by atoms with Crippen LogP contribution in [0.1, 0.15) is 75.2 Å². The van der Waals surface area contributed by atoms with E-state index in [0.717, 1.165) is 0 Å². The molecule has 0 aliphatic carbocycles. The van der Waals surface area contributed by atoms with Gasteiger partial charge in [0.2, 0.25) is 11.8 Å². The average molecular weight is 444 g/mol. The van der Waals surface area contributed by atoms with Crippen molar-refractivity contribution in [3.63, 3.8) is 0 Å². The first-order chi connectivity index (χ1) is 14.2. The third kappa shape index (κ3) is 12.9. The van der Waals surface area contributed by atoms with Gasteiger partial charge in [0.1, 0.15) is 23.7 Å². The van der Waals surface area contributed by atoms with Crippen LogP contribution in [0.15, 0.2) is 0 Å². The lowest BCUT2D eigenvalue weighted by molar-refractivity contribution is -0.147. The molecule has 0 radical (unpaired) electrons. The van der Waals surface area contributed by atoms with Crippen LogP contribution < -0.4 is 16.0 Å². The monoisotopic (exact) mass is 443 g/mol. The Morgan fingerprint density at radius 2 is 1.23 bits per heavy atom. The highest BCUT2D eigenvalue weighted by Gasteiger charge is 2.30. The smallest absolute Gasteiger partial charge is 0.408 e. The molecule has 9 nitrogen and oxygen atoms in total. The molecule has 0 aromatic rings. The Balaban J connectivity index is 5.33. The number of nitrogens with one attached hydrogen (secondary N) is 3. The maximum atomic E-state index is 12.9. The molecule has 9 heteroatoms. The number of carbonyl (C=O) groups is 4. The molecule has 0 fully saturated rings. The van der Waals surface area contributed by atoms with Gasteiger partial charge in [-0.15, -0.1) is 0 Å². The van der Waals surface area contributed by atoms with Crippen LogP contribution in [0, 0.1) is 11.8 Å². The number of esters is 1. The van der Waals surface area contributed by atoms with E-state index in [1.54, 1.807) is 27.7 Å². The summed E-state index contributed by atoms with van der Waals surface area (Å²) in [5.74, 6) is -1.29. The summed E-state index contributed by atoms with van der Waals surface area (Å²) in [5, 5.41) is 7.91. The summed E-state index contributed by atoms with van der Waals surface area (Å²) in [6.45, 7) is 16.3. The lowest BCUT2D eigenvalue weighted by atomic mass is 10.00. The van der Waals surface area contributed by atoms with E-state index < -0.39 is 47.6 Å². The van der Waals surface area contributed by atoms with Gasteiger partial charge >= 0.3 is 12.1 Å². The molecule has 0 saturated carbocycles. The van der Waals surface area contributed by atoms with Gasteiger partial charge in [0.25, 0.3) is 0 Å². The van der Waals surface area contributed by atoms with Crippen molar-refractivity contribution in [1.82, 2.24) is 16.0 Å². The van der Waals surface area contributed by atoms with Gasteiger partial charge < -0.3 is 25.4 Å². The van der Waals surface area contributed by atoms with Gasteiger partial charge in [0, 0.05) is 0 Å². The van der Waals surface area contributed by atoms with E-state index in [0.29, 0.717) is 12.8 Å². The van der Waals surface area contributed by atoms with Gasteiger partial charge in [-0.05, 0) is 59.3 Å². The Kier molecular flexibility index (Phi) is 12.2. The molecule has 0 aliphatic heterocycles. The molecule has 3 atom stereocenters. The first kappa shape index (κ1) is 28.7. The largest absolute Gasteiger partial charge is 0.464 e. The Morgan fingerprint density at radius 3 is 1.65 bits per heavy atom. The van der Waals surface area contributed by atoms with E-state index in [9.17, 15) is 19.2 Å². The molecule has 0 unspecified atom stereocenters. The second-order valence-corrected chi connectivity index (χ2v) is 9.50. The van der Waals surface area contributed by atoms with E-state index in [1.807, 2.05) is 27.7 Å². The van der Waals surface area contributed by atoms with Crippen LogP contribution in [0.25, 0.3) is 0 Å². The zero-order chi connectivity index (χ0) is 24.4. The Hall–Kier alpha value is -2.32. The van der Waals surface area contributed by atoms with Gasteiger partial charge in [-0.2, -0.15) is 0 Å². The molecular weight excluding hydrogens is 402 g/mol. The predicted molar refractivity (Wildman–Crippen MR) is 118 cm³/mol. The lowest BCUT2D eigenvalue weighted by Gasteiger charge is -2.27. The molecule has 0 saturated heterocycles. The fourth-order valence-electron chi connectivity index (χ4n) is 2.77. The molecule has 0 aromatic heterocycles. The van der Waals surface area contributed by atoms with Crippen molar-refractivity contribution in [2.45, 2.75) is 98.9 Å². The van der Waals surface area contributed by atoms with E-state index in [-0.39, 0.29) is 18.4 Å². The highest BCUT2D eigenvalue weighted by molar-refractivity contribution is 5.93. The number of hydrogen-bond donors (Lipinski definition) is 3. The maximum Gasteiger partial charge on any atom is 0.408 e. The van der Waals surface area contributed by atoms with Crippen LogP contribution in [-0.2, 0) is 23.9 Å². The first-order valence-electron chi connectivity index (χ1n) is 10.9. The number of rotatable bonds is 11. The molecule has 0 aromatic carbocycles. The fraction of sp³-hybridized carbons (Fsp3) is 0.818. The minimum Gasteiger partial charge on any atom is -0.464 e. The summed E-state index contributed by atoms with van der Waals surface area (Å²) >= 11 is 0. The standard InChI is InChI=1S/C22H41N3O6/c1-10-30-20(28)15(6)23-18(26)16(11-13(2)3)24-19(27)17(12-14(4)5)25-21(29)31-22(7,8)9/h13-17H,10-12H2,1-9H3,(H,23,26)(H,24,27)(H,25,29)/t15-,16-,17-/m0/s1. The molecule has 0 heterocycles. The van der Waals surface area contributed by atoms with Crippen LogP contribution >= 0.6 is 0 Å². The zero-order valence-corrected chi connectivity index (χ0v) is 20.5. The van der Waals surface area contributed by atoms with Crippen LogP contribution in [-0.4, -0.2) is 54.2 Å². The highest BCUT2D eigenvalue weighted by Crippen LogP contribution is 2.11. The number of carbonyl (C=O) groups excluding carboxylic acids is 4. The second kappa shape index (κ2) is 13.2. The molecule has 3 N–H and O–H groups in total. The summed E-state index contributed by atoms with van der Waals surface area (Å²) in [4.78, 5) is 49.7. The maximum absolute atomic E-state index is 12.9. The fourth-order valence-corrected chi connectivity index (χ4v) is 2.77. The molecule has 180 valence electrons. The molecule has 0 bridgehead atoms. The van der Waals surface area contributed by atoms with E-state index in [1.165, 1.54) is 6.92 Å². The van der Waals surface area contributed by atoms with Crippen LogP contribution in [0.5, 0.6) is 0 Å². The van der Waals surface area contributed by atoms with Crippen LogP contribution in [0.4, 0.5) is 4.79 Å². The Morgan fingerprint density at radius 1 is 0.774 bits per heavy atom. The quantitative estimate of drug-likeness (QED) is 0.422. The highest BCUT2D eigenvalue weighted by atomic mass is 16.6. The average Bonchev–Trinajstić information content (AvgIpc) is 2.58. The minimum absolute atomic E-state index is 0.108. The van der Waals surface area contributed by atoms with Crippen molar-refractivity contribution < 1.29 is 28.7 Å². The third-order valence-electron chi connectivity index (χ3n) is 4.05. The van der Waals surface area contributed by atoms with Crippen molar-refractivity contribution in [3.8, 4) is 0 Å². The lowest BCUT2D eigenvalue weighted by Crippen LogP contribution is -2.56. The zero-order valence-electron chi connectivity index (χ0n) is 20.5. The number of ether oxygens (including phenoxy) is 2. The molecule has 0 spiro atoms. The molecule has 0 rings (SSSR count). The SMILES string of the molecule is CCOC(=O)[C@H](C)NC(=O)[C@H](CC(C)C)NC(=O)[C@H](CC(C)C)NC(=O)OC(C)(C)C. The normalized spacial score (nSPS) is 14.4.